The summed E-state index contributed by atoms with van der Waals surface area (Å²) in [6, 6.07) is 12.5. The number of hydrogen-bond donors (Lipinski definition) is 0. The Kier molecular flexibility index (Phi) is 7.30. The van der Waals surface area contributed by atoms with Crippen molar-refractivity contribution in [2.75, 3.05) is 44.7 Å². The van der Waals surface area contributed by atoms with E-state index in [9.17, 15) is 4.79 Å². The molecule has 0 amide bonds. The highest BCUT2D eigenvalue weighted by Gasteiger charge is 2.30. The summed E-state index contributed by atoms with van der Waals surface area (Å²) < 4.78 is 4.81. The second kappa shape index (κ2) is 10.0. The minimum absolute atomic E-state index is 0.280. The molecular formula is C28H38N2O2S. The molecule has 1 saturated heterocycles. The molecule has 33 heavy (non-hydrogen) atoms. The minimum Gasteiger partial charge on any atom is -0.465 e. The zero-order valence-electron chi connectivity index (χ0n) is 20.8. The third-order valence-corrected chi connectivity index (χ3v) is 8.56. The SMILES string of the molecule is COC(=O)c1ccc(N2CCN(CC3=C(c4ccc(C(C)C)s4)CC(C)(C)CC3)CC2)cc1. The van der Waals surface area contributed by atoms with Crippen LogP contribution in [0.2, 0.25) is 0 Å². The summed E-state index contributed by atoms with van der Waals surface area (Å²) in [5, 5.41) is 0. The first-order valence-corrected chi connectivity index (χ1v) is 13.0. The predicted molar refractivity (Wildman–Crippen MR) is 139 cm³/mol. The Labute approximate surface area is 203 Å². The first kappa shape index (κ1) is 24.0. The molecule has 0 N–H and O–H groups in total. The van der Waals surface area contributed by atoms with E-state index in [2.05, 4.69) is 49.6 Å². The van der Waals surface area contributed by atoms with Gasteiger partial charge < -0.3 is 9.64 Å². The monoisotopic (exact) mass is 466 g/mol. The van der Waals surface area contributed by atoms with Crippen LogP contribution in [0.3, 0.4) is 0 Å². The predicted octanol–water partition coefficient (Wildman–Crippen LogP) is 6.44. The average molecular weight is 467 g/mol. The van der Waals surface area contributed by atoms with Crippen LogP contribution in [0.5, 0.6) is 0 Å². The molecular weight excluding hydrogens is 428 g/mol. The van der Waals surface area contributed by atoms with E-state index >= 15 is 0 Å². The van der Waals surface area contributed by atoms with E-state index in [-0.39, 0.29) is 5.97 Å². The Morgan fingerprint density at radius 1 is 1.06 bits per heavy atom. The van der Waals surface area contributed by atoms with Crippen molar-refractivity contribution in [3.63, 3.8) is 0 Å². The highest BCUT2D eigenvalue weighted by molar-refractivity contribution is 7.13. The number of hydrogen-bond acceptors (Lipinski definition) is 5. The van der Waals surface area contributed by atoms with Crippen molar-refractivity contribution in [1.29, 1.82) is 0 Å². The topological polar surface area (TPSA) is 32.8 Å². The molecule has 4 rings (SSSR count). The first-order chi connectivity index (χ1) is 15.8. The third-order valence-electron chi connectivity index (χ3n) is 7.12. The van der Waals surface area contributed by atoms with Gasteiger partial charge in [0.05, 0.1) is 12.7 Å². The van der Waals surface area contributed by atoms with Gasteiger partial charge in [0.2, 0.25) is 0 Å². The number of esters is 1. The van der Waals surface area contributed by atoms with Crippen molar-refractivity contribution in [2.24, 2.45) is 5.41 Å². The van der Waals surface area contributed by atoms with Gasteiger partial charge in [-0.2, -0.15) is 0 Å². The number of carbonyl (C=O) groups is 1. The van der Waals surface area contributed by atoms with E-state index in [0.717, 1.165) is 32.7 Å². The molecule has 2 aromatic rings. The average Bonchev–Trinajstić information content (AvgIpc) is 3.31. The van der Waals surface area contributed by atoms with E-state index in [1.165, 1.54) is 41.8 Å². The summed E-state index contributed by atoms with van der Waals surface area (Å²) in [4.78, 5) is 19.7. The molecule has 2 aliphatic rings. The maximum Gasteiger partial charge on any atom is 0.337 e. The number of ether oxygens (including phenoxy) is 1. The van der Waals surface area contributed by atoms with Crippen LogP contribution in [-0.4, -0.2) is 50.7 Å². The Bertz CT molecular complexity index is 995. The second-order valence-electron chi connectivity index (χ2n) is 10.6. The van der Waals surface area contributed by atoms with Gasteiger partial charge in [0.1, 0.15) is 0 Å². The fourth-order valence-corrected chi connectivity index (χ4v) is 6.06. The third kappa shape index (κ3) is 5.70. The fraction of sp³-hybridized carbons (Fsp3) is 0.536. The lowest BCUT2D eigenvalue weighted by atomic mass is 9.74. The molecule has 0 unspecified atom stereocenters. The number of methoxy groups -OCH3 is 1. The molecule has 1 aliphatic heterocycles. The molecule has 1 aliphatic carbocycles. The van der Waals surface area contributed by atoms with Gasteiger partial charge >= 0.3 is 5.97 Å². The van der Waals surface area contributed by atoms with Gasteiger partial charge in [-0.1, -0.05) is 33.3 Å². The molecule has 178 valence electrons. The van der Waals surface area contributed by atoms with Crippen LogP contribution in [0.4, 0.5) is 5.69 Å². The van der Waals surface area contributed by atoms with E-state index < -0.39 is 0 Å². The van der Waals surface area contributed by atoms with E-state index in [0.29, 0.717) is 16.9 Å². The number of nitrogens with zero attached hydrogens (tertiary/aromatic N) is 2. The maximum absolute atomic E-state index is 11.7. The summed E-state index contributed by atoms with van der Waals surface area (Å²) in [5.41, 5.74) is 5.44. The summed E-state index contributed by atoms with van der Waals surface area (Å²) >= 11 is 2.00. The zero-order chi connectivity index (χ0) is 23.6. The molecule has 0 saturated carbocycles. The van der Waals surface area contributed by atoms with Gasteiger partial charge in [-0.3, -0.25) is 4.90 Å². The van der Waals surface area contributed by atoms with Crippen LogP contribution in [0.1, 0.15) is 73.0 Å². The molecule has 0 radical (unpaired) electrons. The van der Waals surface area contributed by atoms with Gasteiger partial charge in [0.15, 0.2) is 0 Å². The number of rotatable bonds is 6. The smallest absolute Gasteiger partial charge is 0.337 e. The summed E-state index contributed by atoms with van der Waals surface area (Å²) in [5.74, 6) is 0.316. The van der Waals surface area contributed by atoms with Crippen LogP contribution in [0.25, 0.3) is 5.57 Å². The molecule has 2 heterocycles. The number of thiophene rings is 1. The molecule has 1 aromatic heterocycles. The van der Waals surface area contributed by atoms with Crippen molar-refractivity contribution < 1.29 is 9.53 Å². The molecule has 0 bridgehead atoms. The largest absolute Gasteiger partial charge is 0.465 e. The van der Waals surface area contributed by atoms with Gasteiger partial charge in [-0.05, 0) is 72.6 Å². The zero-order valence-corrected chi connectivity index (χ0v) is 21.6. The quantitative estimate of drug-likeness (QED) is 0.458. The lowest BCUT2D eigenvalue weighted by Crippen LogP contribution is -2.47. The Balaban J connectivity index is 1.43. The van der Waals surface area contributed by atoms with Crippen LogP contribution >= 0.6 is 11.3 Å². The second-order valence-corrected chi connectivity index (χ2v) is 11.7. The molecule has 4 nitrogen and oxygen atoms in total. The fourth-order valence-electron chi connectivity index (χ4n) is 4.95. The van der Waals surface area contributed by atoms with Crippen molar-refractivity contribution in [1.82, 2.24) is 4.90 Å². The van der Waals surface area contributed by atoms with Gasteiger partial charge in [0.25, 0.3) is 0 Å². The van der Waals surface area contributed by atoms with Gasteiger partial charge in [-0.15, -0.1) is 11.3 Å². The summed E-state index contributed by atoms with van der Waals surface area (Å²) in [7, 11) is 1.42. The molecule has 1 aromatic carbocycles. The summed E-state index contributed by atoms with van der Waals surface area (Å²) in [6.07, 6.45) is 3.68. The lowest BCUT2D eigenvalue weighted by molar-refractivity contribution is 0.0600. The molecule has 0 spiro atoms. The molecule has 1 fully saturated rings. The van der Waals surface area contributed by atoms with Crippen LogP contribution in [0.15, 0.2) is 42.0 Å². The number of carbonyl (C=O) groups excluding carboxylic acids is 1. The first-order valence-electron chi connectivity index (χ1n) is 12.2. The van der Waals surface area contributed by atoms with Crippen LogP contribution < -0.4 is 4.90 Å². The minimum atomic E-state index is -0.280. The summed E-state index contributed by atoms with van der Waals surface area (Å²) in [6.45, 7) is 14.7. The normalized spacial score (nSPS) is 19.3. The van der Waals surface area contributed by atoms with Crippen molar-refractivity contribution in [3.05, 3.63) is 57.3 Å². The van der Waals surface area contributed by atoms with E-state index in [1.54, 1.807) is 11.1 Å². The van der Waals surface area contributed by atoms with Crippen molar-refractivity contribution in [3.8, 4) is 0 Å². The number of allylic oxidation sites excluding steroid dienone is 1. The van der Waals surface area contributed by atoms with Crippen LogP contribution in [-0.2, 0) is 4.74 Å². The lowest BCUT2D eigenvalue weighted by Gasteiger charge is -2.39. The standard InChI is InChI=1S/C28H38N2O2S/c1-20(2)25-10-11-26(33-25)24-18-28(3,4)13-12-22(24)19-29-14-16-30(17-15-29)23-8-6-21(7-9-23)27(31)32-5/h6-11,20H,12-19H2,1-5H3. The number of piperazine rings is 1. The van der Waals surface area contributed by atoms with Crippen molar-refractivity contribution in [2.45, 2.75) is 52.9 Å². The van der Waals surface area contributed by atoms with Crippen LogP contribution in [0, 0.1) is 5.41 Å². The Morgan fingerprint density at radius 2 is 1.76 bits per heavy atom. The van der Waals surface area contributed by atoms with E-state index in [4.69, 9.17) is 4.74 Å². The van der Waals surface area contributed by atoms with Gasteiger partial charge in [0, 0.05) is 48.2 Å². The van der Waals surface area contributed by atoms with Gasteiger partial charge in [-0.25, -0.2) is 4.79 Å². The molecule has 0 atom stereocenters. The number of benzene rings is 1. The number of anilines is 1. The molecule has 5 heteroatoms. The van der Waals surface area contributed by atoms with E-state index in [1.807, 2.05) is 35.6 Å². The Morgan fingerprint density at radius 3 is 2.36 bits per heavy atom. The maximum atomic E-state index is 11.7. The highest BCUT2D eigenvalue weighted by Crippen LogP contribution is 2.45. The highest BCUT2D eigenvalue weighted by atomic mass is 32.1. The Hall–Kier alpha value is -2.11. The van der Waals surface area contributed by atoms with Crippen molar-refractivity contribution >= 4 is 28.6 Å².